The number of anilines is 1. The van der Waals surface area contributed by atoms with Crippen LogP contribution in [0, 0.1) is 6.92 Å². The molecule has 4 N–H and O–H groups in total. The van der Waals surface area contributed by atoms with E-state index in [1.54, 1.807) is 6.20 Å². The van der Waals surface area contributed by atoms with Crippen LogP contribution >= 0.6 is 0 Å². The van der Waals surface area contributed by atoms with Crippen molar-refractivity contribution < 1.29 is 9.53 Å². The average molecular weight is 402 g/mol. The molecule has 0 radical (unpaired) electrons. The van der Waals surface area contributed by atoms with Crippen molar-refractivity contribution in [2.75, 3.05) is 18.9 Å². The molecular formula is C24H26N4O2. The number of nitrogens with two attached hydrogens (primary N) is 1. The lowest BCUT2D eigenvalue weighted by Crippen LogP contribution is -2.46. The Bertz CT molecular complexity index is 1120. The van der Waals surface area contributed by atoms with Crippen molar-refractivity contribution in [2.24, 2.45) is 0 Å². The number of carbonyl (C=O) groups is 1. The Balaban J connectivity index is 1.40. The number of amides is 1. The molecule has 1 saturated heterocycles. The Morgan fingerprint density at radius 1 is 1.30 bits per heavy atom. The molecule has 0 bridgehead atoms. The highest BCUT2D eigenvalue weighted by Gasteiger charge is 2.47. The molecule has 154 valence electrons. The van der Waals surface area contributed by atoms with Crippen molar-refractivity contribution in [1.29, 1.82) is 0 Å². The van der Waals surface area contributed by atoms with Gasteiger partial charge in [-0.05, 0) is 74.2 Å². The van der Waals surface area contributed by atoms with Gasteiger partial charge in [0.1, 0.15) is 12.4 Å². The quantitative estimate of drug-likeness (QED) is 0.551. The van der Waals surface area contributed by atoms with Gasteiger partial charge in [0, 0.05) is 28.9 Å². The summed E-state index contributed by atoms with van der Waals surface area (Å²) in [6.45, 7) is 3.62. The zero-order valence-corrected chi connectivity index (χ0v) is 17.1. The van der Waals surface area contributed by atoms with Crippen molar-refractivity contribution in [1.82, 2.24) is 15.6 Å². The fourth-order valence-electron chi connectivity index (χ4n) is 4.09. The van der Waals surface area contributed by atoms with E-state index in [9.17, 15) is 4.79 Å². The SMILES string of the molecule is Cc1ccc(OC[C@@H]2CCN2)cc1C(=O)NC1(c2cc(N)cc3ncccc23)CC1. The van der Waals surface area contributed by atoms with E-state index in [2.05, 4.69) is 15.6 Å². The Hall–Kier alpha value is -3.12. The first kappa shape index (κ1) is 18.9. The fourth-order valence-corrected chi connectivity index (χ4v) is 4.09. The highest BCUT2D eigenvalue weighted by molar-refractivity contribution is 5.97. The smallest absolute Gasteiger partial charge is 0.252 e. The lowest BCUT2D eigenvalue weighted by molar-refractivity contribution is 0.0930. The summed E-state index contributed by atoms with van der Waals surface area (Å²) in [6, 6.07) is 13.9. The van der Waals surface area contributed by atoms with Gasteiger partial charge in [-0.15, -0.1) is 0 Å². The van der Waals surface area contributed by atoms with Gasteiger partial charge in [-0.1, -0.05) is 12.1 Å². The van der Waals surface area contributed by atoms with Gasteiger partial charge in [0.2, 0.25) is 0 Å². The number of hydrogen-bond acceptors (Lipinski definition) is 5. The van der Waals surface area contributed by atoms with Crippen LogP contribution in [0.25, 0.3) is 10.9 Å². The van der Waals surface area contributed by atoms with Crippen LogP contribution in [0.5, 0.6) is 5.75 Å². The van der Waals surface area contributed by atoms with Crippen molar-refractivity contribution in [3.63, 3.8) is 0 Å². The maximum Gasteiger partial charge on any atom is 0.252 e. The van der Waals surface area contributed by atoms with Gasteiger partial charge in [-0.25, -0.2) is 0 Å². The highest BCUT2D eigenvalue weighted by atomic mass is 16.5. The summed E-state index contributed by atoms with van der Waals surface area (Å²) >= 11 is 0. The second-order valence-electron chi connectivity index (χ2n) is 8.40. The monoisotopic (exact) mass is 402 g/mol. The zero-order chi connectivity index (χ0) is 20.7. The van der Waals surface area contributed by atoms with E-state index in [4.69, 9.17) is 10.5 Å². The van der Waals surface area contributed by atoms with Gasteiger partial charge in [0.25, 0.3) is 5.91 Å². The van der Waals surface area contributed by atoms with Gasteiger partial charge in [0.05, 0.1) is 11.1 Å². The molecule has 1 saturated carbocycles. The van der Waals surface area contributed by atoms with E-state index in [1.165, 1.54) is 0 Å². The third-order valence-electron chi connectivity index (χ3n) is 6.19. The van der Waals surface area contributed by atoms with Crippen LogP contribution in [-0.2, 0) is 5.54 Å². The number of fused-ring (bicyclic) bond motifs is 1. The van der Waals surface area contributed by atoms with Gasteiger partial charge >= 0.3 is 0 Å². The summed E-state index contributed by atoms with van der Waals surface area (Å²) in [5, 5.41) is 7.64. The lowest BCUT2D eigenvalue weighted by Gasteiger charge is -2.27. The Morgan fingerprint density at radius 3 is 2.87 bits per heavy atom. The average Bonchev–Trinajstić information content (AvgIpc) is 3.47. The molecule has 2 heterocycles. The molecule has 3 aromatic rings. The number of rotatable bonds is 6. The van der Waals surface area contributed by atoms with Crippen molar-refractivity contribution in [3.8, 4) is 5.75 Å². The molecule has 1 atom stereocenters. The maximum atomic E-state index is 13.2. The minimum absolute atomic E-state index is 0.0864. The van der Waals surface area contributed by atoms with E-state index in [-0.39, 0.29) is 5.91 Å². The Morgan fingerprint density at radius 2 is 2.13 bits per heavy atom. The fraction of sp³-hybridized carbons (Fsp3) is 0.333. The molecule has 1 aromatic heterocycles. The minimum atomic E-state index is -0.396. The molecule has 5 rings (SSSR count). The molecule has 30 heavy (non-hydrogen) atoms. The van der Waals surface area contributed by atoms with E-state index < -0.39 is 5.54 Å². The largest absolute Gasteiger partial charge is 0.492 e. The van der Waals surface area contributed by atoms with E-state index in [0.29, 0.717) is 23.9 Å². The number of hydrogen-bond donors (Lipinski definition) is 3. The first-order chi connectivity index (χ1) is 14.5. The van der Waals surface area contributed by atoms with Crippen LogP contribution in [0.2, 0.25) is 0 Å². The van der Waals surface area contributed by atoms with Gasteiger partial charge in [-0.3, -0.25) is 9.78 Å². The number of nitrogens with zero attached hydrogens (tertiary/aromatic N) is 1. The van der Waals surface area contributed by atoms with Crippen LogP contribution < -0.4 is 21.1 Å². The molecule has 2 aromatic carbocycles. The van der Waals surface area contributed by atoms with E-state index in [0.717, 1.165) is 53.6 Å². The van der Waals surface area contributed by atoms with Crippen LogP contribution in [0.4, 0.5) is 5.69 Å². The molecular weight excluding hydrogens is 376 g/mol. The van der Waals surface area contributed by atoms with Crippen LogP contribution in [-0.4, -0.2) is 30.1 Å². The summed E-state index contributed by atoms with van der Waals surface area (Å²) in [4.78, 5) is 17.7. The molecule has 1 amide bonds. The molecule has 6 nitrogen and oxygen atoms in total. The van der Waals surface area contributed by atoms with Crippen molar-refractivity contribution in [3.05, 3.63) is 65.4 Å². The van der Waals surface area contributed by atoms with E-state index in [1.807, 2.05) is 49.4 Å². The number of aromatic nitrogens is 1. The molecule has 1 aliphatic heterocycles. The zero-order valence-electron chi connectivity index (χ0n) is 17.1. The number of carbonyl (C=O) groups excluding carboxylic acids is 1. The summed E-state index contributed by atoms with van der Waals surface area (Å²) in [5.41, 5.74) is 9.86. The summed E-state index contributed by atoms with van der Waals surface area (Å²) < 4.78 is 5.89. The molecule has 2 aliphatic rings. The molecule has 6 heteroatoms. The predicted molar refractivity (Wildman–Crippen MR) is 118 cm³/mol. The molecule has 1 aliphatic carbocycles. The lowest BCUT2D eigenvalue weighted by atomic mass is 9.97. The second kappa shape index (κ2) is 7.29. The molecule has 0 unspecified atom stereocenters. The number of nitrogen functional groups attached to an aromatic ring is 1. The van der Waals surface area contributed by atoms with Crippen molar-refractivity contribution in [2.45, 2.75) is 37.8 Å². The number of ether oxygens (including phenoxy) is 1. The number of benzene rings is 2. The van der Waals surface area contributed by atoms with Gasteiger partial charge < -0.3 is 21.1 Å². The standard InChI is InChI=1S/C24H26N4O2/c1-15-4-5-18(30-14-17-6-10-26-17)13-20(15)23(29)28-24(7-8-24)21-11-16(25)12-22-19(21)3-2-9-27-22/h2-5,9,11-13,17,26H,6-8,10,14,25H2,1H3,(H,28,29)/t17-/m0/s1. The first-order valence-electron chi connectivity index (χ1n) is 10.5. The summed E-state index contributed by atoms with van der Waals surface area (Å²) in [7, 11) is 0. The van der Waals surface area contributed by atoms with Gasteiger partial charge in [-0.2, -0.15) is 0 Å². The number of aryl methyl sites for hydroxylation is 1. The minimum Gasteiger partial charge on any atom is -0.492 e. The van der Waals surface area contributed by atoms with Crippen LogP contribution in [0.1, 0.15) is 40.7 Å². The maximum absolute atomic E-state index is 13.2. The molecule has 2 fully saturated rings. The summed E-state index contributed by atoms with van der Waals surface area (Å²) in [5.74, 6) is 0.639. The predicted octanol–water partition coefficient (Wildman–Crippen LogP) is 3.29. The van der Waals surface area contributed by atoms with Gasteiger partial charge in [0.15, 0.2) is 0 Å². The van der Waals surface area contributed by atoms with E-state index >= 15 is 0 Å². The third-order valence-corrected chi connectivity index (χ3v) is 6.19. The van der Waals surface area contributed by atoms with Crippen LogP contribution in [0.15, 0.2) is 48.7 Å². The Labute approximate surface area is 175 Å². The second-order valence-corrected chi connectivity index (χ2v) is 8.40. The number of pyridine rings is 1. The number of nitrogens with one attached hydrogen (secondary N) is 2. The first-order valence-corrected chi connectivity index (χ1v) is 10.5. The Kier molecular flexibility index (Phi) is 4.59. The van der Waals surface area contributed by atoms with Crippen LogP contribution in [0.3, 0.4) is 0 Å². The normalized spacial score (nSPS) is 19.2. The molecule has 0 spiro atoms. The third kappa shape index (κ3) is 3.48. The summed E-state index contributed by atoms with van der Waals surface area (Å²) in [6.07, 6.45) is 4.66. The highest BCUT2D eigenvalue weighted by Crippen LogP contribution is 2.48. The van der Waals surface area contributed by atoms with Crippen molar-refractivity contribution >= 4 is 22.5 Å². The topological polar surface area (TPSA) is 89.3 Å².